The molecule has 26 heavy (non-hydrogen) atoms. The fraction of sp³-hybridized carbons (Fsp3) is 0.263. The van der Waals surface area contributed by atoms with Crippen LogP contribution in [0.2, 0.25) is 0 Å². The Morgan fingerprint density at radius 1 is 1.04 bits per heavy atom. The lowest BCUT2D eigenvalue weighted by Crippen LogP contribution is -2.20. The van der Waals surface area contributed by atoms with Crippen LogP contribution >= 0.6 is 23.5 Å². The van der Waals surface area contributed by atoms with E-state index in [2.05, 4.69) is 22.2 Å². The number of anilines is 1. The van der Waals surface area contributed by atoms with Crippen molar-refractivity contribution >= 4 is 41.1 Å². The minimum atomic E-state index is -0.413. The average Bonchev–Trinajstić information content (AvgIpc) is 3.21. The molecule has 1 aliphatic heterocycles. The normalized spacial score (nSPS) is 14.0. The van der Waals surface area contributed by atoms with Gasteiger partial charge in [0.05, 0.1) is 17.3 Å². The summed E-state index contributed by atoms with van der Waals surface area (Å²) in [5.41, 5.74) is 2.30. The maximum absolute atomic E-state index is 12.0. The molecule has 5 nitrogen and oxygen atoms in total. The molecule has 136 valence electrons. The number of benzene rings is 2. The second-order valence-electron chi connectivity index (χ2n) is 5.55. The number of ether oxygens (including phenoxy) is 2. The first-order valence-electron chi connectivity index (χ1n) is 8.10. The van der Waals surface area contributed by atoms with Crippen molar-refractivity contribution in [1.29, 1.82) is 0 Å². The summed E-state index contributed by atoms with van der Waals surface area (Å²) >= 11 is 3.91. The summed E-state index contributed by atoms with van der Waals surface area (Å²) in [6.07, 6.45) is 0. The van der Waals surface area contributed by atoms with Gasteiger partial charge in [-0.15, -0.1) is 23.5 Å². The van der Waals surface area contributed by atoms with Crippen molar-refractivity contribution < 1.29 is 19.1 Å². The third-order valence-corrected chi connectivity index (χ3v) is 6.84. The van der Waals surface area contributed by atoms with E-state index < -0.39 is 5.97 Å². The van der Waals surface area contributed by atoms with Gasteiger partial charge in [0.1, 0.15) is 5.75 Å². The largest absolute Gasteiger partial charge is 0.484 e. The number of thioether (sulfide) groups is 2. The van der Waals surface area contributed by atoms with Crippen LogP contribution in [0.3, 0.4) is 0 Å². The lowest BCUT2D eigenvalue weighted by molar-refractivity contribution is -0.118. The van der Waals surface area contributed by atoms with Crippen molar-refractivity contribution in [1.82, 2.24) is 0 Å². The van der Waals surface area contributed by atoms with Crippen LogP contribution in [0.1, 0.15) is 20.5 Å². The van der Waals surface area contributed by atoms with Crippen LogP contribution in [0, 0.1) is 0 Å². The van der Waals surface area contributed by atoms with Crippen molar-refractivity contribution in [2.24, 2.45) is 0 Å². The van der Waals surface area contributed by atoms with E-state index in [9.17, 15) is 9.59 Å². The highest BCUT2D eigenvalue weighted by Crippen LogP contribution is 2.45. The number of rotatable bonds is 6. The molecule has 2 aromatic carbocycles. The van der Waals surface area contributed by atoms with Crippen molar-refractivity contribution in [2.75, 3.05) is 30.5 Å². The first kappa shape index (κ1) is 18.7. The van der Waals surface area contributed by atoms with Crippen molar-refractivity contribution in [3.63, 3.8) is 0 Å². The van der Waals surface area contributed by atoms with E-state index in [1.54, 1.807) is 24.3 Å². The van der Waals surface area contributed by atoms with E-state index in [4.69, 9.17) is 4.74 Å². The van der Waals surface area contributed by atoms with Gasteiger partial charge >= 0.3 is 5.97 Å². The predicted octanol–water partition coefficient (Wildman–Crippen LogP) is 3.97. The van der Waals surface area contributed by atoms with E-state index >= 15 is 0 Å². The number of carbonyl (C=O) groups excluding carboxylic acids is 2. The second-order valence-corrected chi connectivity index (χ2v) is 8.27. The summed E-state index contributed by atoms with van der Waals surface area (Å²) in [6.45, 7) is -0.0783. The maximum Gasteiger partial charge on any atom is 0.337 e. The van der Waals surface area contributed by atoms with Crippen LogP contribution in [0.25, 0.3) is 0 Å². The van der Waals surface area contributed by atoms with E-state index in [1.165, 1.54) is 24.2 Å². The van der Waals surface area contributed by atoms with Crippen LogP contribution in [-0.2, 0) is 9.53 Å². The first-order valence-corrected chi connectivity index (χ1v) is 10.2. The molecular weight excluding hydrogens is 370 g/mol. The number of hydrogen-bond acceptors (Lipinski definition) is 6. The Kier molecular flexibility index (Phi) is 6.46. The van der Waals surface area contributed by atoms with E-state index in [1.807, 2.05) is 35.7 Å². The smallest absolute Gasteiger partial charge is 0.337 e. The molecule has 1 amide bonds. The SMILES string of the molecule is COC(=O)c1ccc(NC(=O)COc2ccc(C3SCCS3)cc2)cc1. The summed E-state index contributed by atoms with van der Waals surface area (Å²) in [4.78, 5) is 23.4. The minimum Gasteiger partial charge on any atom is -0.484 e. The van der Waals surface area contributed by atoms with Gasteiger partial charge in [0.15, 0.2) is 6.61 Å². The molecule has 0 spiro atoms. The first-order chi connectivity index (χ1) is 12.7. The molecule has 2 aromatic rings. The molecule has 1 heterocycles. The third kappa shape index (κ3) is 4.95. The Bertz CT molecular complexity index is 756. The fourth-order valence-electron chi connectivity index (χ4n) is 2.43. The van der Waals surface area contributed by atoms with Crippen LogP contribution in [0.5, 0.6) is 5.75 Å². The Labute approximate surface area is 160 Å². The van der Waals surface area contributed by atoms with Crippen LogP contribution in [-0.4, -0.2) is 37.1 Å². The number of amides is 1. The highest BCUT2D eigenvalue weighted by Gasteiger charge is 2.18. The Morgan fingerprint density at radius 3 is 2.31 bits per heavy atom. The monoisotopic (exact) mass is 389 g/mol. The van der Waals surface area contributed by atoms with Gasteiger partial charge in [-0.2, -0.15) is 0 Å². The molecule has 0 atom stereocenters. The molecule has 0 bridgehead atoms. The quantitative estimate of drug-likeness (QED) is 0.754. The molecule has 1 aliphatic rings. The van der Waals surface area contributed by atoms with Gasteiger partial charge in [0.25, 0.3) is 5.91 Å². The average molecular weight is 389 g/mol. The zero-order chi connectivity index (χ0) is 18.4. The molecule has 0 radical (unpaired) electrons. The van der Waals surface area contributed by atoms with Gasteiger partial charge in [-0.1, -0.05) is 12.1 Å². The molecule has 0 aromatic heterocycles. The lowest BCUT2D eigenvalue weighted by Gasteiger charge is -2.11. The number of nitrogens with one attached hydrogen (secondary N) is 1. The van der Waals surface area contributed by atoms with Crippen molar-refractivity contribution in [2.45, 2.75) is 4.58 Å². The number of methoxy groups -OCH3 is 1. The van der Waals surface area contributed by atoms with E-state index in [0.29, 0.717) is 21.6 Å². The second kappa shape index (κ2) is 9.00. The van der Waals surface area contributed by atoms with Crippen LogP contribution in [0.15, 0.2) is 48.5 Å². The van der Waals surface area contributed by atoms with Gasteiger partial charge in [-0.25, -0.2) is 4.79 Å². The molecule has 3 rings (SSSR count). The number of carbonyl (C=O) groups is 2. The zero-order valence-electron chi connectivity index (χ0n) is 14.3. The summed E-state index contributed by atoms with van der Waals surface area (Å²) < 4.78 is 10.7. The summed E-state index contributed by atoms with van der Waals surface area (Å²) in [5.74, 6) is 2.37. The maximum atomic E-state index is 12.0. The fourth-order valence-corrected chi connectivity index (χ4v) is 5.28. The Balaban J connectivity index is 1.48. The summed E-state index contributed by atoms with van der Waals surface area (Å²) in [5, 5.41) is 2.73. The molecule has 7 heteroatoms. The highest BCUT2D eigenvalue weighted by atomic mass is 32.2. The molecule has 0 aliphatic carbocycles. The topological polar surface area (TPSA) is 64.6 Å². The molecule has 1 N–H and O–H groups in total. The molecule has 0 unspecified atom stereocenters. The van der Waals surface area contributed by atoms with Gasteiger partial charge in [-0.3, -0.25) is 4.79 Å². The van der Waals surface area contributed by atoms with Gasteiger partial charge in [0, 0.05) is 17.2 Å². The Hall–Kier alpha value is -2.12. The van der Waals surface area contributed by atoms with E-state index in [-0.39, 0.29) is 12.5 Å². The standard InChI is InChI=1S/C19H19NO4S2/c1-23-18(22)13-2-6-15(7-3-13)20-17(21)12-24-16-8-4-14(5-9-16)19-25-10-11-26-19/h2-9,19H,10-12H2,1H3,(H,20,21). The zero-order valence-corrected chi connectivity index (χ0v) is 15.9. The molecule has 1 fully saturated rings. The van der Waals surface area contributed by atoms with Crippen LogP contribution in [0.4, 0.5) is 5.69 Å². The molecule has 1 saturated heterocycles. The van der Waals surface area contributed by atoms with Crippen molar-refractivity contribution in [3.05, 3.63) is 59.7 Å². The molecule has 0 saturated carbocycles. The third-order valence-electron chi connectivity index (χ3n) is 3.73. The van der Waals surface area contributed by atoms with E-state index in [0.717, 1.165) is 0 Å². The Morgan fingerprint density at radius 2 is 1.69 bits per heavy atom. The number of esters is 1. The van der Waals surface area contributed by atoms with Crippen LogP contribution < -0.4 is 10.1 Å². The van der Waals surface area contributed by atoms with Gasteiger partial charge < -0.3 is 14.8 Å². The molecular formula is C19H19NO4S2. The summed E-state index contributed by atoms with van der Waals surface area (Å²) in [6, 6.07) is 14.4. The van der Waals surface area contributed by atoms with Gasteiger partial charge in [-0.05, 0) is 42.0 Å². The predicted molar refractivity (Wildman–Crippen MR) is 106 cm³/mol. The van der Waals surface area contributed by atoms with Crippen molar-refractivity contribution in [3.8, 4) is 5.75 Å². The van der Waals surface area contributed by atoms with Gasteiger partial charge in [0.2, 0.25) is 0 Å². The lowest BCUT2D eigenvalue weighted by atomic mass is 10.2. The minimum absolute atomic E-state index is 0.0783. The number of hydrogen-bond donors (Lipinski definition) is 1. The highest BCUT2D eigenvalue weighted by molar-refractivity contribution is 8.19. The summed E-state index contributed by atoms with van der Waals surface area (Å²) in [7, 11) is 1.33.